The lowest BCUT2D eigenvalue weighted by molar-refractivity contribution is 0.0272. The molecule has 8 heteroatoms. The van der Waals surface area contributed by atoms with Crippen LogP contribution in [0.25, 0.3) is 0 Å². The topological polar surface area (TPSA) is 72.5 Å². The first kappa shape index (κ1) is 22.6. The number of amides is 1. The third-order valence-corrected chi connectivity index (χ3v) is 6.79. The molecule has 2 aromatic carbocycles. The van der Waals surface area contributed by atoms with Gasteiger partial charge in [-0.15, -0.1) is 0 Å². The van der Waals surface area contributed by atoms with Gasteiger partial charge in [-0.3, -0.25) is 4.79 Å². The van der Waals surface area contributed by atoms with Crippen molar-refractivity contribution >= 4 is 39.7 Å². The predicted octanol–water partition coefficient (Wildman–Crippen LogP) is 5.72. The van der Waals surface area contributed by atoms with E-state index in [-0.39, 0.29) is 18.1 Å². The highest BCUT2D eigenvalue weighted by Crippen LogP contribution is 2.33. The lowest BCUT2D eigenvalue weighted by atomic mass is 10.2. The fraction of sp³-hybridized carbons (Fsp3) is 0.333. The van der Waals surface area contributed by atoms with Gasteiger partial charge in [0, 0.05) is 5.02 Å². The smallest absolute Gasteiger partial charge is 0.263 e. The minimum absolute atomic E-state index is 0.00264. The molecule has 0 saturated heterocycles. The summed E-state index contributed by atoms with van der Waals surface area (Å²) in [5.41, 5.74) is 2.51. The van der Waals surface area contributed by atoms with Gasteiger partial charge in [0.1, 0.15) is 10.6 Å². The van der Waals surface area contributed by atoms with E-state index < -0.39 is 0 Å². The van der Waals surface area contributed by atoms with Crippen LogP contribution in [0.3, 0.4) is 0 Å². The number of thiazole rings is 1. The van der Waals surface area contributed by atoms with Gasteiger partial charge in [-0.05, 0) is 49.9 Å². The summed E-state index contributed by atoms with van der Waals surface area (Å²) in [6.45, 7) is 2.39. The van der Waals surface area contributed by atoms with Gasteiger partial charge >= 0.3 is 0 Å². The van der Waals surface area contributed by atoms with Crippen molar-refractivity contribution in [2.75, 3.05) is 12.4 Å². The second-order valence-corrected chi connectivity index (χ2v) is 9.18. The van der Waals surface area contributed by atoms with E-state index in [1.54, 1.807) is 25.3 Å². The summed E-state index contributed by atoms with van der Waals surface area (Å²) < 4.78 is 11.5. The monoisotopic (exact) mass is 471 g/mol. The number of nitrogens with one attached hydrogen (secondary N) is 2. The molecule has 1 aliphatic rings. The van der Waals surface area contributed by atoms with Crippen LogP contribution in [0.4, 0.5) is 10.8 Å². The zero-order valence-electron chi connectivity index (χ0n) is 18.1. The fourth-order valence-electron chi connectivity index (χ4n) is 3.86. The van der Waals surface area contributed by atoms with Crippen LogP contribution in [-0.4, -0.2) is 30.1 Å². The van der Waals surface area contributed by atoms with Crippen molar-refractivity contribution in [3.05, 3.63) is 69.7 Å². The Morgan fingerprint density at radius 2 is 2.03 bits per heavy atom. The average Bonchev–Trinajstić information content (AvgIpc) is 3.39. The summed E-state index contributed by atoms with van der Waals surface area (Å²) in [6.07, 6.45) is 2.91. The molecule has 168 valence electrons. The third kappa shape index (κ3) is 5.41. The number of rotatable bonds is 8. The number of nitrogens with zero attached hydrogens (tertiary/aromatic N) is 1. The van der Waals surface area contributed by atoms with Crippen molar-refractivity contribution < 1.29 is 14.3 Å². The molecule has 0 spiro atoms. The summed E-state index contributed by atoms with van der Waals surface area (Å²) in [5.74, 6) is 0.531. The van der Waals surface area contributed by atoms with Crippen molar-refractivity contribution in [3.8, 4) is 5.75 Å². The Morgan fingerprint density at radius 3 is 2.81 bits per heavy atom. The van der Waals surface area contributed by atoms with E-state index in [9.17, 15) is 4.79 Å². The number of benzene rings is 2. The fourth-order valence-corrected chi connectivity index (χ4v) is 4.91. The summed E-state index contributed by atoms with van der Waals surface area (Å²) in [6, 6.07) is 15.4. The maximum atomic E-state index is 13.0. The lowest BCUT2D eigenvalue weighted by Crippen LogP contribution is -2.41. The third-order valence-electron chi connectivity index (χ3n) is 5.48. The minimum Gasteiger partial charge on any atom is -0.495 e. The molecule has 0 bridgehead atoms. The molecule has 6 nitrogen and oxygen atoms in total. The number of anilines is 2. The highest BCUT2D eigenvalue weighted by Gasteiger charge is 2.30. The van der Waals surface area contributed by atoms with Gasteiger partial charge in [0.2, 0.25) is 0 Å². The van der Waals surface area contributed by atoms with Crippen molar-refractivity contribution in [3.63, 3.8) is 0 Å². The van der Waals surface area contributed by atoms with Crippen LogP contribution in [0.2, 0.25) is 5.02 Å². The Kier molecular flexibility index (Phi) is 7.29. The van der Waals surface area contributed by atoms with Crippen LogP contribution in [0.15, 0.2) is 48.5 Å². The zero-order chi connectivity index (χ0) is 22.5. The van der Waals surface area contributed by atoms with Crippen LogP contribution in [0.5, 0.6) is 5.75 Å². The molecule has 4 rings (SSSR count). The van der Waals surface area contributed by atoms with Crippen LogP contribution >= 0.6 is 22.9 Å². The molecule has 3 aromatic rings. The van der Waals surface area contributed by atoms with Crippen LogP contribution in [0, 0.1) is 6.92 Å². The molecule has 1 saturated carbocycles. The quantitative estimate of drug-likeness (QED) is 0.439. The van der Waals surface area contributed by atoms with Gasteiger partial charge in [0.25, 0.3) is 5.91 Å². The molecule has 2 atom stereocenters. The zero-order valence-corrected chi connectivity index (χ0v) is 19.6. The average molecular weight is 472 g/mol. The van der Waals surface area contributed by atoms with Gasteiger partial charge in [0.15, 0.2) is 5.13 Å². The Bertz CT molecular complexity index is 1070. The van der Waals surface area contributed by atoms with Crippen molar-refractivity contribution in [1.29, 1.82) is 0 Å². The van der Waals surface area contributed by atoms with E-state index in [2.05, 4.69) is 15.6 Å². The Balaban J connectivity index is 1.40. The number of halogens is 1. The molecule has 2 N–H and O–H groups in total. The molecular weight excluding hydrogens is 446 g/mol. The van der Waals surface area contributed by atoms with E-state index in [1.807, 2.05) is 37.3 Å². The molecular formula is C24H26ClN3O3S. The van der Waals surface area contributed by atoms with Gasteiger partial charge in [0.05, 0.1) is 37.2 Å². The van der Waals surface area contributed by atoms with Crippen molar-refractivity contribution in [2.24, 2.45) is 0 Å². The maximum absolute atomic E-state index is 13.0. The first-order chi connectivity index (χ1) is 15.5. The molecule has 1 aromatic heterocycles. The summed E-state index contributed by atoms with van der Waals surface area (Å²) in [7, 11) is 1.60. The lowest BCUT2D eigenvalue weighted by Gasteiger charge is -2.21. The van der Waals surface area contributed by atoms with E-state index >= 15 is 0 Å². The number of carbonyl (C=O) groups is 1. The number of ether oxygens (including phenoxy) is 2. The van der Waals surface area contributed by atoms with E-state index in [0.717, 1.165) is 24.8 Å². The van der Waals surface area contributed by atoms with E-state index in [1.165, 1.54) is 11.3 Å². The van der Waals surface area contributed by atoms with Gasteiger partial charge in [-0.25, -0.2) is 4.98 Å². The molecule has 0 radical (unpaired) electrons. The van der Waals surface area contributed by atoms with Crippen molar-refractivity contribution in [1.82, 2.24) is 10.3 Å². The first-order valence-electron chi connectivity index (χ1n) is 10.6. The summed E-state index contributed by atoms with van der Waals surface area (Å²) in [4.78, 5) is 18.1. The minimum atomic E-state index is -0.119. The number of hydrogen-bond donors (Lipinski definition) is 2. The van der Waals surface area contributed by atoms with E-state index in [4.69, 9.17) is 21.1 Å². The highest BCUT2D eigenvalue weighted by molar-refractivity contribution is 7.17. The molecule has 0 aliphatic heterocycles. The number of aryl methyl sites for hydroxylation is 1. The van der Waals surface area contributed by atoms with Crippen LogP contribution < -0.4 is 15.4 Å². The number of aromatic nitrogens is 1. The molecule has 0 unspecified atom stereocenters. The van der Waals surface area contributed by atoms with Gasteiger partial charge in [-0.2, -0.15) is 0 Å². The molecule has 1 amide bonds. The number of carbonyl (C=O) groups excluding carboxylic acids is 1. The van der Waals surface area contributed by atoms with E-state index in [0.29, 0.717) is 38.8 Å². The van der Waals surface area contributed by atoms with Gasteiger partial charge < -0.3 is 20.1 Å². The molecule has 1 aliphatic carbocycles. The van der Waals surface area contributed by atoms with Crippen LogP contribution in [0.1, 0.15) is 40.2 Å². The van der Waals surface area contributed by atoms with Crippen LogP contribution in [-0.2, 0) is 11.3 Å². The highest BCUT2D eigenvalue weighted by atomic mass is 35.5. The normalized spacial score (nSPS) is 17.8. The molecule has 1 heterocycles. The Hall–Kier alpha value is -2.61. The predicted molar refractivity (Wildman–Crippen MR) is 128 cm³/mol. The number of methoxy groups -OCH3 is 1. The Labute approximate surface area is 196 Å². The molecule has 32 heavy (non-hydrogen) atoms. The van der Waals surface area contributed by atoms with Crippen molar-refractivity contribution in [2.45, 2.75) is 44.9 Å². The second-order valence-electron chi connectivity index (χ2n) is 7.75. The summed E-state index contributed by atoms with van der Waals surface area (Å²) in [5, 5.41) is 7.57. The number of hydrogen-bond acceptors (Lipinski definition) is 6. The standard InChI is InChI=1S/C24H26ClN3O3S/c1-15-22(32-24(26-15)28-19-13-17(25)11-12-20(19)30-2)23(29)27-18-9-6-10-21(18)31-14-16-7-4-3-5-8-16/h3-5,7-8,11-13,18,21H,6,9-10,14H2,1-2H3,(H,26,28)(H,27,29)/t18-,21-/m1/s1. The van der Waals surface area contributed by atoms with Gasteiger partial charge in [-0.1, -0.05) is 53.3 Å². The SMILES string of the molecule is COc1ccc(Cl)cc1Nc1nc(C)c(C(=O)N[C@@H]2CCC[C@H]2OCc2ccccc2)s1. The summed E-state index contributed by atoms with van der Waals surface area (Å²) >= 11 is 7.42. The largest absolute Gasteiger partial charge is 0.495 e. The maximum Gasteiger partial charge on any atom is 0.263 e. The first-order valence-corrected chi connectivity index (χ1v) is 11.8. The second kappa shape index (κ2) is 10.3. The Morgan fingerprint density at radius 1 is 1.22 bits per heavy atom. The molecule has 1 fully saturated rings.